The molecule has 1 saturated carbocycles. The predicted molar refractivity (Wildman–Crippen MR) is 157 cm³/mol. The molecule has 4 heterocycles. The Kier molecular flexibility index (Phi) is 5.23. The van der Waals surface area contributed by atoms with Gasteiger partial charge in [-0.05, 0) is 66.3 Å². The molecule has 1 saturated heterocycles. The molecule has 2 aliphatic carbocycles. The van der Waals surface area contributed by atoms with Crippen LogP contribution < -0.4 is 10.6 Å². The van der Waals surface area contributed by atoms with Gasteiger partial charge in [-0.25, -0.2) is 4.39 Å². The van der Waals surface area contributed by atoms with Crippen LogP contribution in [0.4, 0.5) is 10.1 Å². The minimum Gasteiger partial charge on any atom is -0.373 e. The number of hydrogen-bond acceptors (Lipinski definition) is 4. The number of aromatic nitrogens is 4. The Labute approximate surface area is 236 Å². The van der Waals surface area contributed by atoms with Crippen molar-refractivity contribution < 1.29 is 9.18 Å². The first-order chi connectivity index (χ1) is 20.0. The van der Waals surface area contributed by atoms with Crippen molar-refractivity contribution in [3.8, 4) is 22.5 Å². The van der Waals surface area contributed by atoms with Gasteiger partial charge in [0.2, 0.25) is 5.91 Å². The maximum atomic E-state index is 15.1. The molecule has 2 unspecified atom stereocenters. The number of H-pyrrole nitrogens is 2. The number of benzene rings is 2. The summed E-state index contributed by atoms with van der Waals surface area (Å²) >= 11 is 0. The van der Waals surface area contributed by atoms with Crippen LogP contribution in [0, 0.1) is 11.7 Å². The normalized spacial score (nSPS) is 21.2. The summed E-state index contributed by atoms with van der Waals surface area (Å²) in [5.41, 5.74) is 8.67. The second-order valence-electron chi connectivity index (χ2n) is 11.7. The molecule has 1 amide bonds. The van der Waals surface area contributed by atoms with Gasteiger partial charge in [0.1, 0.15) is 17.6 Å². The summed E-state index contributed by atoms with van der Waals surface area (Å²) in [6, 6.07) is 17.4. The number of carbonyl (C=O) groups is 1. The molecular formula is C33H29FN6O. The molecule has 3 aliphatic rings. The quantitative estimate of drug-likeness (QED) is 0.184. The van der Waals surface area contributed by atoms with Gasteiger partial charge in [-0.2, -0.15) is 5.10 Å². The Hall–Kier alpha value is -4.72. The van der Waals surface area contributed by atoms with E-state index in [2.05, 4.69) is 50.8 Å². The second kappa shape index (κ2) is 8.89. The van der Waals surface area contributed by atoms with Crippen LogP contribution in [0.15, 0.2) is 78.8 Å². The molecule has 2 fully saturated rings. The number of nitrogens with zero attached hydrogens (tertiary/aromatic N) is 2. The Bertz CT molecular complexity index is 1880. The van der Waals surface area contributed by atoms with E-state index in [0.717, 1.165) is 63.9 Å². The van der Waals surface area contributed by atoms with Gasteiger partial charge in [-0.3, -0.25) is 14.9 Å². The first kappa shape index (κ1) is 24.1. The largest absolute Gasteiger partial charge is 0.373 e. The third-order valence-electron chi connectivity index (χ3n) is 9.10. The van der Waals surface area contributed by atoms with E-state index in [4.69, 9.17) is 5.10 Å². The highest BCUT2D eigenvalue weighted by Gasteiger charge is 2.44. The SMILES string of the molecule is CC1(c2ccccc2F)CC=C2NC2c2[nH]c(-c3n[nH]c4ccc(-c5cncc(NC(=O)C6CCC6)c5)cc34)cc21. The molecule has 0 bridgehead atoms. The number of amides is 1. The van der Waals surface area contributed by atoms with Crippen molar-refractivity contribution in [2.24, 2.45) is 5.92 Å². The van der Waals surface area contributed by atoms with Gasteiger partial charge in [-0.15, -0.1) is 0 Å². The fourth-order valence-electron chi connectivity index (χ4n) is 6.38. The third-order valence-corrected chi connectivity index (χ3v) is 9.10. The smallest absolute Gasteiger partial charge is 0.227 e. The van der Waals surface area contributed by atoms with Gasteiger partial charge in [0.05, 0.1) is 23.1 Å². The van der Waals surface area contributed by atoms with Crippen molar-refractivity contribution >= 4 is 22.5 Å². The van der Waals surface area contributed by atoms with E-state index in [1.165, 1.54) is 11.8 Å². The summed E-state index contributed by atoms with van der Waals surface area (Å²) < 4.78 is 15.1. The number of pyridine rings is 1. The fourth-order valence-corrected chi connectivity index (χ4v) is 6.38. The lowest BCUT2D eigenvalue weighted by molar-refractivity contribution is -0.122. The van der Waals surface area contributed by atoms with Gasteiger partial charge in [0, 0.05) is 39.9 Å². The Morgan fingerprint density at radius 2 is 1.93 bits per heavy atom. The van der Waals surface area contributed by atoms with Gasteiger partial charge < -0.3 is 15.6 Å². The highest BCUT2D eigenvalue weighted by Crippen LogP contribution is 2.49. The second-order valence-corrected chi connectivity index (χ2v) is 11.7. The molecule has 3 aromatic heterocycles. The molecule has 204 valence electrons. The zero-order valence-electron chi connectivity index (χ0n) is 22.6. The van der Waals surface area contributed by atoms with E-state index in [-0.39, 0.29) is 23.7 Å². The van der Waals surface area contributed by atoms with E-state index in [9.17, 15) is 4.79 Å². The summed E-state index contributed by atoms with van der Waals surface area (Å²) in [5, 5.41) is 15.3. The van der Waals surface area contributed by atoms with Gasteiger partial charge in [0.15, 0.2) is 0 Å². The van der Waals surface area contributed by atoms with Crippen molar-refractivity contribution in [1.82, 2.24) is 25.5 Å². The number of halogens is 1. The van der Waals surface area contributed by atoms with Gasteiger partial charge >= 0.3 is 0 Å². The molecule has 4 N–H and O–H groups in total. The number of anilines is 1. The zero-order chi connectivity index (χ0) is 27.7. The molecule has 8 heteroatoms. The molecule has 5 aromatic rings. The average molecular weight is 545 g/mol. The Morgan fingerprint density at radius 3 is 2.76 bits per heavy atom. The Morgan fingerprint density at radius 1 is 1.05 bits per heavy atom. The minimum atomic E-state index is -0.523. The number of nitrogens with one attached hydrogen (secondary N) is 4. The summed E-state index contributed by atoms with van der Waals surface area (Å²) in [5.74, 6) is -0.0166. The average Bonchev–Trinajstić information content (AvgIpc) is 3.41. The maximum Gasteiger partial charge on any atom is 0.227 e. The molecule has 7 nitrogen and oxygen atoms in total. The molecular weight excluding hydrogens is 515 g/mol. The summed E-state index contributed by atoms with van der Waals surface area (Å²) in [6.07, 6.45) is 9.41. The van der Waals surface area contributed by atoms with Crippen LogP contribution in [-0.4, -0.2) is 26.1 Å². The number of carbonyl (C=O) groups excluding carboxylic acids is 1. The lowest BCUT2D eigenvalue weighted by Gasteiger charge is -2.29. The van der Waals surface area contributed by atoms with Crippen LogP contribution in [0.25, 0.3) is 33.4 Å². The number of aromatic amines is 2. The van der Waals surface area contributed by atoms with Crippen molar-refractivity contribution in [2.45, 2.75) is 44.1 Å². The van der Waals surface area contributed by atoms with E-state index in [0.29, 0.717) is 17.7 Å². The number of rotatable bonds is 5. The lowest BCUT2D eigenvalue weighted by Crippen LogP contribution is -2.28. The van der Waals surface area contributed by atoms with E-state index in [1.54, 1.807) is 12.3 Å². The number of hydrogen-bond donors (Lipinski definition) is 4. The van der Waals surface area contributed by atoms with Crippen LogP contribution in [-0.2, 0) is 10.2 Å². The molecule has 0 spiro atoms. The molecule has 2 aromatic carbocycles. The summed E-state index contributed by atoms with van der Waals surface area (Å²) in [6.45, 7) is 2.12. The van der Waals surface area contributed by atoms with Crippen molar-refractivity contribution in [1.29, 1.82) is 0 Å². The van der Waals surface area contributed by atoms with Crippen molar-refractivity contribution in [2.75, 3.05) is 5.32 Å². The highest BCUT2D eigenvalue weighted by atomic mass is 19.1. The molecule has 41 heavy (non-hydrogen) atoms. The van der Waals surface area contributed by atoms with Gasteiger partial charge in [-0.1, -0.05) is 43.7 Å². The summed E-state index contributed by atoms with van der Waals surface area (Å²) in [4.78, 5) is 20.5. The van der Waals surface area contributed by atoms with Crippen LogP contribution >= 0.6 is 0 Å². The van der Waals surface area contributed by atoms with Crippen LogP contribution in [0.1, 0.15) is 55.5 Å². The number of allylic oxidation sites excluding steroid dienone is 1. The third kappa shape index (κ3) is 3.89. The minimum absolute atomic E-state index is 0.0693. The molecule has 8 rings (SSSR count). The zero-order valence-corrected chi connectivity index (χ0v) is 22.6. The summed E-state index contributed by atoms with van der Waals surface area (Å²) in [7, 11) is 0. The predicted octanol–water partition coefficient (Wildman–Crippen LogP) is 6.74. The molecule has 0 radical (unpaired) electrons. The molecule has 2 atom stereocenters. The Balaban J connectivity index is 1.18. The first-order valence-electron chi connectivity index (χ1n) is 14.2. The van der Waals surface area contributed by atoms with E-state index < -0.39 is 5.41 Å². The van der Waals surface area contributed by atoms with Crippen LogP contribution in [0.5, 0.6) is 0 Å². The standard InChI is InChI=1S/C33H29FN6O/c1-33(23-7-2-3-8-25(23)34)12-11-27-31(37-27)30-24(33)15-28(38-30)29-22-14-19(9-10-26(22)39-40-29)20-13-21(17-35-16-20)36-32(41)18-5-4-6-18/h2-3,7-11,13-18,31,37-38H,4-6,12H2,1H3,(H,36,41)(H,39,40). The maximum absolute atomic E-state index is 15.1. The van der Waals surface area contributed by atoms with Crippen LogP contribution in [0.2, 0.25) is 0 Å². The van der Waals surface area contributed by atoms with Crippen LogP contribution in [0.3, 0.4) is 0 Å². The molecule has 1 aliphatic heterocycles. The monoisotopic (exact) mass is 544 g/mol. The lowest BCUT2D eigenvalue weighted by atomic mass is 9.73. The van der Waals surface area contributed by atoms with Crippen molar-refractivity contribution in [3.63, 3.8) is 0 Å². The first-order valence-corrected chi connectivity index (χ1v) is 14.2. The highest BCUT2D eigenvalue weighted by molar-refractivity contribution is 5.96. The van der Waals surface area contributed by atoms with Crippen molar-refractivity contribution in [3.05, 3.63) is 101 Å². The van der Waals surface area contributed by atoms with E-state index in [1.807, 2.05) is 36.5 Å². The fraction of sp³-hybridized carbons (Fsp3) is 0.242. The van der Waals surface area contributed by atoms with E-state index >= 15 is 4.39 Å². The topological polar surface area (TPSA) is 108 Å². The number of fused-ring (bicyclic) bond motifs is 4. The van der Waals surface area contributed by atoms with Gasteiger partial charge in [0.25, 0.3) is 0 Å².